The zero-order valence-corrected chi connectivity index (χ0v) is 19.3. The first-order chi connectivity index (χ1) is 14.0. The number of halogens is 4. The topological polar surface area (TPSA) is 54.7 Å². The largest absolute Gasteiger partial charge is 0.434 e. The second-order valence-electron chi connectivity index (χ2n) is 7.05. The van der Waals surface area contributed by atoms with Crippen molar-refractivity contribution >= 4 is 29.9 Å². The van der Waals surface area contributed by atoms with Crippen molar-refractivity contribution in [2.45, 2.75) is 39.5 Å². The van der Waals surface area contributed by atoms with Gasteiger partial charge < -0.3 is 19.5 Å². The number of ether oxygens (including phenoxy) is 1. The summed E-state index contributed by atoms with van der Waals surface area (Å²) in [5.74, 6) is 0.283. The average Bonchev–Trinajstić information content (AvgIpc) is 3.21. The van der Waals surface area contributed by atoms with Crippen LogP contribution in [0.1, 0.15) is 31.9 Å². The van der Waals surface area contributed by atoms with Crippen molar-refractivity contribution in [3.05, 3.63) is 48.3 Å². The third kappa shape index (κ3) is 6.02. The Kier molecular flexibility index (Phi) is 9.25. The van der Waals surface area contributed by atoms with Gasteiger partial charge in [0.25, 0.3) is 0 Å². The number of piperidine rings is 1. The Balaban J connectivity index is 0.00000320. The van der Waals surface area contributed by atoms with E-state index in [2.05, 4.69) is 36.4 Å². The fourth-order valence-electron chi connectivity index (χ4n) is 3.57. The van der Waals surface area contributed by atoms with Crippen LogP contribution in [0.25, 0.3) is 0 Å². The second kappa shape index (κ2) is 11.4. The molecule has 0 radical (unpaired) electrons. The minimum atomic E-state index is -3.02. The molecule has 0 spiro atoms. The number of hydrogen-bond donors (Lipinski definition) is 1. The van der Waals surface area contributed by atoms with Crippen LogP contribution in [0.2, 0.25) is 0 Å². The van der Waals surface area contributed by atoms with Crippen LogP contribution in [-0.2, 0) is 6.54 Å². The molecule has 2 atom stereocenters. The monoisotopic (exact) mass is 537 g/mol. The number of rotatable bonds is 6. The van der Waals surface area contributed by atoms with Crippen LogP contribution < -0.4 is 10.1 Å². The number of aliphatic imine (C=N–C) groups is 1. The van der Waals surface area contributed by atoms with Crippen molar-refractivity contribution in [2.75, 3.05) is 19.6 Å². The number of alkyl halides is 2. The lowest BCUT2D eigenvalue weighted by Crippen LogP contribution is -2.49. The van der Waals surface area contributed by atoms with Gasteiger partial charge in [0.2, 0.25) is 0 Å². The van der Waals surface area contributed by atoms with Crippen molar-refractivity contribution in [3.8, 4) is 5.75 Å². The molecule has 1 fully saturated rings. The summed E-state index contributed by atoms with van der Waals surface area (Å²) in [5.41, 5.74) is 0.0136. The Morgan fingerprint density at radius 2 is 2.20 bits per heavy atom. The van der Waals surface area contributed by atoms with Crippen LogP contribution in [-0.4, -0.2) is 46.7 Å². The van der Waals surface area contributed by atoms with E-state index < -0.39 is 12.4 Å². The van der Waals surface area contributed by atoms with E-state index in [1.54, 1.807) is 6.20 Å². The SMILES string of the molecule is CCNC(=NCc1c(F)cccc1OC(F)F)N1CCC(C)C(n2ccnc2)C1.I. The van der Waals surface area contributed by atoms with Gasteiger partial charge in [-0.1, -0.05) is 13.0 Å². The van der Waals surface area contributed by atoms with Gasteiger partial charge in [0.15, 0.2) is 5.96 Å². The molecule has 1 aliphatic rings. The van der Waals surface area contributed by atoms with Crippen LogP contribution in [0, 0.1) is 11.7 Å². The molecule has 10 heteroatoms. The van der Waals surface area contributed by atoms with Gasteiger partial charge in [0, 0.05) is 32.0 Å². The Morgan fingerprint density at radius 1 is 1.40 bits per heavy atom. The normalized spacial score (nSPS) is 19.5. The Labute approximate surface area is 191 Å². The number of likely N-dealkylation sites (tertiary alicyclic amines) is 1. The number of guanidine groups is 1. The first-order valence-corrected chi connectivity index (χ1v) is 9.72. The maximum Gasteiger partial charge on any atom is 0.387 e. The molecule has 1 saturated heterocycles. The third-order valence-corrected chi connectivity index (χ3v) is 5.14. The lowest BCUT2D eigenvalue weighted by atomic mass is 9.93. The second-order valence-corrected chi connectivity index (χ2v) is 7.05. The van der Waals surface area contributed by atoms with E-state index in [1.165, 1.54) is 18.2 Å². The molecular weight excluding hydrogens is 510 g/mol. The molecule has 1 aliphatic heterocycles. The highest BCUT2D eigenvalue weighted by molar-refractivity contribution is 14.0. The summed E-state index contributed by atoms with van der Waals surface area (Å²) in [4.78, 5) is 10.8. The van der Waals surface area contributed by atoms with E-state index in [9.17, 15) is 13.2 Å². The highest BCUT2D eigenvalue weighted by Crippen LogP contribution is 2.28. The Morgan fingerprint density at radius 3 is 2.87 bits per heavy atom. The molecule has 1 N–H and O–H groups in total. The zero-order valence-electron chi connectivity index (χ0n) is 17.0. The number of benzene rings is 1. The van der Waals surface area contributed by atoms with Gasteiger partial charge in [0.1, 0.15) is 11.6 Å². The third-order valence-electron chi connectivity index (χ3n) is 5.14. The minimum absolute atomic E-state index is 0. The van der Waals surface area contributed by atoms with E-state index in [1.807, 2.05) is 19.4 Å². The van der Waals surface area contributed by atoms with Gasteiger partial charge in [-0.2, -0.15) is 8.78 Å². The van der Waals surface area contributed by atoms with Crippen molar-refractivity contribution in [3.63, 3.8) is 0 Å². The molecule has 3 rings (SSSR count). The average molecular weight is 537 g/mol. The van der Waals surface area contributed by atoms with Crippen LogP contribution in [0.15, 0.2) is 41.9 Å². The van der Waals surface area contributed by atoms with Crippen molar-refractivity contribution in [2.24, 2.45) is 10.9 Å². The summed E-state index contributed by atoms with van der Waals surface area (Å²) in [6, 6.07) is 4.12. The van der Waals surface area contributed by atoms with Crippen molar-refractivity contribution in [1.82, 2.24) is 19.8 Å². The molecule has 6 nitrogen and oxygen atoms in total. The summed E-state index contributed by atoms with van der Waals surface area (Å²) >= 11 is 0. The minimum Gasteiger partial charge on any atom is -0.434 e. The summed E-state index contributed by atoms with van der Waals surface area (Å²) in [5, 5.41) is 3.22. The predicted octanol–water partition coefficient (Wildman–Crippen LogP) is 4.29. The maximum absolute atomic E-state index is 14.2. The van der Waals surface area contributed by atoms with E-state index >= 15 is 0 Å². The van der Waals surface area contributed by atoms with E-state index in [-0.39, 0.29) is 47.9 Å². The van der Waals surface area contributed by atoms with E-state index in [0.29, 0.717) is 18.4 Å². The number of imidazole rings is 1. The van der Waals surface area contributed by atoms with Gasteiger partial charge in [-0.25, -0.2) is 14.4 Å². The van der Waals surface area contributed by atoms with Gasteiger partial charge in [0.05, 0.1) is 24.5 Å². The molecular formula is C20H27F3IN5O. The number of aromatic nitrogens is 2. The predicted molar refractivity (Wildman–Crippen MR) is 120 cm³/mol. The molecule has 0 amide bonds. The molecule has 30 heavy (non-hydrogen) atoms. The Bertz CT molecular complexity index is 819. The summed E-state index contributed by atoms with van der Waals surface area (Å²) in [7, 11) is 0. The molecule has 2 heterocycles. The lowest BCUT2D eigenvalue weighted by Gasteiger charge is -2.39. The molecule has 0 bridgehead atoms. The van der Waals surface area contributed by atoms with Crippen molar-refractivity contribution < 1.29 is 17.9 Å². The molecule has 166 valence electrons. The number of nitrogens with zero attached hydrogens (tertiary/aromatic N) is 4. The number of hydrogen-bond acceptors (Lipinski definition) is 3. The van der Waals surface area contributed by atoms with Crippen LogP contribution >= 0.6 is 24.0 Å². The molecule has 2 unspecified atom stereocenters. The smallest absolute Gasteiger partial charge is 0.387 e. The highest BCUT2D eigenvalue weighted by atomic mass is 127. The van der Waals surface area contributed by atoms with Gasteiger partial charge >= 0.3 is 6.61 Å². The van der Waals surface area contributed by atoms with Crippen molar-refractivity contribution in [1.29, 1.82) is 0 Å². The van der Waals surface area contributed by atoms with E-state index in [0.717, 1.165) is 19.5 Å². The summed E-state index contributed by atoms with van der Waals surface area (Å²) in [6.07, 6.45) is 6.48. The molecule has 0 aliphatic carbocycles. The number of nitrogens with one attached hydrogen (secondary N) is 1. The highest BCUT2D eigenvalue weighted by Gasteiger charge is 2.29. The molecule has 2 aromatic rings. The lowest BCUT2D eigenvalue weighted by molar-refractivity contribution is -0.0506. The summed E-state index contributed by atoms with van der Waals surface area (Å²) in [6.45, 7) is 3.20. The van der Waals surface area contributed by atoms with Gasteiger partial charge in [-0.05, 0) is 31.4 Å². The molecule has 0 saturated carbocycles. The Hall–Kier alpha value is -1.98. The first kappa shape index (κ1) is 24.3. The maximum atomic E-state index is 14.2. The molecule has 1 aromatic carbocycles. The van der Waals surface area contributed by atoms with Crippen LogP contribution in [0.5, 0.6) is 5.75 Å². The fraction of sp³-hybridized carbons (Fsp3) is 0.500. The van der Waals surface area contributed by atoms with Crippen LogP contribution in [0.4, 0.5) is 13.2 Å². The first-order valence-electron chi connectivity index (χ1n) is 9.72. The quantitative estimate of drug-likeness (QED) is 0.340. The van der Waals surface area contributed by atoms with E-state index in [4.69, 9.17) is 0 Å². The fourth-order valence-corrected chi connectivity index (χ4v) is 3.57. The van der Waals surface area contributed by atoms with Crippen LogP contribution in [0.3, 0.4) is 0 Å². The zero-order chi connectivity index (χ0) is 20.8. The van der Waals surface area contributed by atoms with Gasteiger partial charge in [-0.3, -0.25) is 0 Å². The standard InChI is InChI=1S/C20H26F3N5O.HI/c1-3-25-20(26-11-15-16(21)5-4-6-18(15)29-19(22)23)27-9-7-14(2)17(12-27)28-10-8-24-13-28;/h4-6,8,10,13-14,17,19H,3,7,9,11-12H2,1-2H3,(H,25,26);1H. The summed E-state index contributed by atoms with van der Waals surface area (Å²) < 4.78 is 46.1. The molecule has 1 aromatic heterocycles. The van der Waals surface area contributed by atoms with Gasteiger partial charge in [-0.15, -0.1) is 24.0 Å².